The number of carbonyl (C=O) groups excluding carboxylic acids is 1. The molecule has 1 aromatic carbocycles. The Balaban J connectivity index is 1.62. The van der Waals surface area contributed by atoms with Crippen LogP contribution in [0.25, 0.3) is 10.9 Å². The van der Waals surface area contributed by atoms with E-state index in [1.165, 1.54) is 12.4 Å². The molecule has 7 nitrogen and oxygen atoms in total. The third kappa shape index (κ3) is 6.29. The van der Waals surface area contributed by atoms with Gasteiger partial charge in [0, 0.05) is 35.5 Å². The number of alkyl halides is 3. The molecule has 0 aliphatic heterocycles. The molecule has 1 amide bonds. The summed E-state index contributed by atoms with van der Waals surface area (Å²) in [6.07, 6.45) is -0.887. The highest BCUT2D eigenvalue weighted by Gasteiger charge is 2.33. The summed E-state index contributed by atoms with van der Waals surface area (Å²) >= 11 is 0. The predicted octanol–water partition coefficient (Wildman–Crippen LogP) is 3.09. The lowest BCUT2D eigenvalue weighted by molar-refractivity contribution is -0.137. The number of amides is 1. The van der Waals surface area contributed by atoms with Crippen LogP contribution in [-0.4, -0.2) is 51.8 Å². The van der Waals surface area contributed by atoms with E-state index in [0.29, 0.717) is 5.52 Å². The summed E-state index contributed by atoms with van der Waals surface area (Å²) in [5.74, 6) is -0.218. The summed E-state index contributed by atoms with van der Waals surface area (Å²) in [7, 11) is 0. The molecule has 1 heterocycles. The minimum atomic E-state index is -4.49. The van der Waals surface area contributed by atoms with Crippen LogP contribution in [0.1, 0.15) is 45.6 Å². The zero-order valence-corrected chi connectivity index (χ0v) is 18.5. The number of nitrogens with zero attached hydrogens (tertiary/aromatic N) is 2. The number of nitrogens with one attached hydrogen (secondary N) is 3. The topological polar surface area (TPSA) is 99.2 Å². The molecule has 0 saturated heterocycles. The van der Waals surface area contributed by atoms with E-state index in [9.17, 15) is 23.1 Å². The minimum Gasteiger partial charge on any atom is -0.396 e. The van der Waals surface area contributed by atoms with E-state index in [-0.39, 0.29) is 53.8 Å². The number of rotatable bonds is 6. The van der Waals surface area contributed by atoms with E-state index in [2.05, 4.69) is 46.7 Å². The standard InChI is InChI=1S/C22H30F3N5O2/c1-21(2,3)30-15-5-7-17(13(8-15)11-31)29-19(32)10-26-20-16-9-14(22(23,24)25)4-6-18(16)27-12-28-20/h4,6,9,12-13,15,17,30-31H,5,7-8,10-11H2,1-3H3,(H,29,32)(H,26,27,28)/t13-,15-,17+/m1/s1. The molecule has 1 fully saturated rings. The van der Waals surface area contributed by atoms with Gasteiger partial charge < -0.3 is 21.1 Å². The molecule has 176 valence electrons. The van der Waals surface area contributed by atoms with Crippen LogP contribution in [-0.2, 0) is 11.0 Å². The number of carbonyl (C=O) groups is 1. The van der Waals surface area contributed by atoms with Crippen molar-refractivity contribution in [3.63, 3.8) is 0 Å². The van der Waals surface area contributed by atoms with Crippen molar-refractivity contribution >= 4 is 22.6 Å². The smallest absolute Gasteiger partial charge is 0.396 e. The van der Waals surface area contributed by atoms with Gasteiger partial charge in [0.1, 0.15) is 12.1 Å². The maximum atomic E-state index is 13.1. The summed E-state index contributed by atoms with van der Waals surface area (Å²) in [5.41, 5.74) is -0.489. The Morgan fingerprint density at radius 3 is 2.59 bits per heavy atom. The van der Waals surface area contributed by atoms with Gasteiger partial charge in [-0.25, -0.2) is 9.97 Å². The first-order chi connectivity index (χ1) is 15.0. The van der Waals surface area contributed by atoms with Gasteiger partial charge in [-0.15, -0.1) is 0 Å². The second kappa shape index (κ2) is 9.58. The molecular formula is C22H30F3N5O2. The molecule has 0 radical (unpaired) electrons. The number of anilines is 1. The first-order valence-corrected chi connectivity index (χ1v) is 10.7. The van der Waals surface area contributed by atoms with Crippen molar-refractivity contribution in [3.05, 3.63) is 30.1 Å². The van der Waals surface area contributed by atoms with Crippen LogP contribution in [0.3, 0.4) is 0 Å². The van der Waals surface area contributed by atoms with Crippen molar-refractivity contribution in [1.29, 1.82) is 0 Å². The molecular weight excluding hydrogens is 423 g/mol. The molecule has 2 aromatic rings. The number of halogens is 3. The molecule has 0 spiro atoms. The number of benzene rings is 1. The van der Waals surface area contributed by atoms with E-state index >= 15 is 0 Å². The first kappa shape index (κ1) is 24.2. The van der Waals surface area contributed by atoms with E-state index in [1.807, 2.05) is 0 Å². The normalized spacial score (nSPS) is 22.0. The number of hydrogen-bond acceptors (Lipinski definition) is 6. The van der Waals surface area contributed by atoms with Crippen molar-refractivity contribution in [2.45, 2.75) is 63.8 Å². The van der Waals surface area contributed by atoms with Gasteiger partial charge in [-0.2, -0.15) is 13.2 Å². The third-order valence-electron chi connectivity index (χ3n) is 5.58. The van der Waals surface area contributed by atoms with Gasteiger partial charge in [-0.05, 0) is 58.2 Å². The second-order valence-electron chi connectivity index (χ2n) is 9.33. The van der Waals surface area contributed by atoms with Crippen molar-refractivity contribution in [1.82, 2.24) is 20.6 Å². The van der Waals surface area contributed by atoms with Crippen molar-refractivity contribution in [2.24, 2.45) is 5.92 Å². The van der Waals surface area contributed by atoms with Gasteiger partial charge >= 0.3 is 6.18 Å². The molecule has 1 aliphatic carbocycles. The largest absolute Gasteiger partial charge is 0.416 e. The summed E-state index contributed by atoms with van der Waals surface area (Å²) in [6, 6.07) is 3.33. The van der Waals surface area contributed by atoms with E-state index < -0.39 is 11.7 Å². The summed E-state index contributed by atoms with van der Waals surface area (Å²) in [4.78, 5) is 20.5. The van der Waals surface area contributed by atoms with Crippen LogP contribution >= 0.6 is 0 Å². The highest BCUT2D eigenvalue weighted by Crippen LogP contribution is 2.32. The molecule has 3 atom stereocenters. The lowest BCUT2D eigenvalue weighted by Gasteiger charge is -2.39. The van der Waals surface area contributed by atoms with Gasteiger partial charge in [0.2, 0.25) is 5.91 Å². The first-order valence-electron chi connectivity index (χ1n) is 10.7. The Hall–Kier alpha value is -2.46. The average molecular weight is 454 g/mol. The predicted molar refractivity (Wildman–Crippen MR) is 116 cm³/mol. The lowest BCUT2D eigenvalue weighted by atomic mass is 9.81. The quantitative estimate of drug-likeness (QED) is 0.537. The number of fused-ring (bicyclic) bond motifs is 1. The Morgan fingerprint density at radius 2 is 1.94 bits per heavy atom. The number of aromatic nitrogens is 2. The maximum Gasteiger partial charge on any atom is 0.416 e. The van der Waals surface area contributed by atoms with Crippen LogP contribution in [0.2, 0.25) is 0 Å². The van der Waals surface area contributed by atoms with E-state index in [1.54, 1.807) is 0 Å². The molecule has 1 saturated carbocycles. The Morgan fingerprint density at radius 1 is 1.19 bits per heavy atom. The number of aliphatic hydroxyl groups is 1. The number of aliphatic hydroxyl groups excluding tert-OH is 1. The fourth-order valence-corrected chi connectivity index (χ4v) is 4.19. The van der Waals surface area contributed by atoms with E-state index in [0.717, 1.165) is 31.4 Å². The third-order valence-corrected chi connectivity index (χ3v) is 5.58. The average Bonchev–Trinajstić information content (AvgIpc) is 2.71. The van der Waals surface area contributed by atoms with Gasteiger partial charge in [-0.3, -0.25) is 4.79 Å². The van der Waals surface area contributed by atoms with Crippen LogP contribution < -0.4 is 16.0 Å². The fourth-order valence-electron chi connectivity index (χ4n) is 4.19. The van der Waals surface area contributed by atoms with Crippen LogP contribution in [0, 0.1) is 5.92 Å². The Labute approximate surface area is 185 Å². The summed E-state index contributed by atoms with van der Waals surface area (Å²) in [6.45, 7) is 6.09. The lowest BCUT2D eigenvalue weighted by Crippen LogP contribution is -2.53. The fraction of sp³-hybridized carbons (Fsp3) is 0.591. The van der Waals surface area contributed by atoms with Gasteiger partial charge in [0.25, 0.3) is 0 Å². The Kier molecular flexibility index (Phi) is 7.24. The number of hydrogen-bond donors (Lipinski definition) is 4. The van der Waals surface area contributed by atoms with Gasteiger partial charge in [-0.1, -0.05) is 0 Å². The van der Waals surface area contributed by atoms with Crippen molar-refractivity contribution < 1.29 is 23.1 Å². The highest BCUT2D eigenvalue weighted by atomic mass is 19.4. The van der Waals surface area contributed by atoms with Crippen LogP contribution in [0.5, 0.6) is 0 Å². The molecule has 10 heteroatoms. The molecule has 1 aliphatic rings. The Bertz CT molecular complexity index is 945. The van der Waals surface area contributed by atoms with E-state index in [4.69, 9.17) is 0 Å². The SMILES string of the molecule is CC(C)(C)N[C@@H]1CC[C@H](NC(=O)CNc2ncnc3ccc(C(F)(F)F)cc23)[C@@H](CO)C1. The molecule has 1 aromatic heterocycles. The second-order valence-corrected chi connectivity index (χ2v) is 9.33. The van der Waals surface area contributed by atoms with Gasteiger partial charge in [0.15, 0.2) is 0 Å². The van der Waals surface area contributed by atoms with Crippen LogP contribution in [0.15, 0.2) is 24.5 Å². The molecule has 32 heavy (non-hydrogen) atoms. The summed E-state index contributed by atoms with van der Waals surface area (Å²) in [5, 5.41) is 19.3. The zero-order valence-electron chi connectivity index (χ0n) is 18.5. The molecule has 0 bridgehead atoms. The van der Waals surface area contributed by atoms with Gasteiger partial charge in [0.05, 0.1) is 17.6 Å². The minimum absolute atomic E-state index is 0.0303. The zero-order chi connectivity index (χ0) is 23.5. The highest BCUT2D eigenvalue weighted by molar-refractivity contribution is 5.91. The van der Waals surface area contributed by atoms with Crippen molar-refractivity contribution in [3.8, 4) is 0 Å². The van der Waals surface area contributed by atoms with Crippen molar-refractivity contribution in [2.75, 3.05) is 18.5 Å². The van der Waals surface area contributed by atoms with Crippen LogP contribution in [0.4, 0.5) is 19.0 Å². The molecule has 0 unspecified atom stereocenters. The molecule has 3 rings (SSSR count). The maximum absolute atomic E-state index is 13.1. The monoisotopic (exact) mass is 453 g/mol. The summed E-state index contributed by atoms with van der Waals surface area (Å²) < 4.78 is 39.2. The molecule has 4 N–H and O–H groups in total.